The second kappa shape index (κ2) is 10.9. The van der Waals surface area contributed by atoms with E-state index in [0.29, 0.717) is 17.7 Å². The number of rotatable bonds is 9. The van der Waals surface area contributed by atoms with Crippen molar-refractivity contribution in [2.45, 2.75) is 91.3 Å². The summed E-state index contributed by atoms with van der Waals surface area (Å²) in [6.45, 7) is 0. The van der Waals surface area contributed by atoms with Gasteiger partial charge in [-0.25, -0.2) is 8.42 Å². The van der Waals surface area contributed by atoms with Gasteiger partial charge in [0.05, 0.1) is 23.2 Å². The molecule has 0 N–H and O–H groups in total. The van der Waals surface area contributed by atoms with E-state index in [-0.39, 0.29) is 35.3 Å². The Bertz CT molecular complexity index is 1500. The van der Waals surface area contributed by atoms with Gasteiger partial charge in [-0.15, -0.1) is 0 Å². The summed E-state index contributed by atoms with van der Waals surface area (Å²) in [7, 11) is -1.89. The molecule has 3 aliphatic carbocycles. The van der Waals surface area contributed by atoms with Gasteiger partial charge in [-0.1, -0.05) is 72.8 Å². The van der Waals surface area contributed by atoms with Crippen LogP contribution in [0.1, 0.15) is 97.7 Å². The molecule has 42 heavy (non-hydrogen) atoms. The Balaban J connectivity index is 1.14. The Morgan fingerprint density at radius 3 is 2.05 bits per heavy atom. The van der Waals surface area contributed by atoms with Crippen LogP contribution in [0.4, 0.5) is 0 Å². The molecule has 0 aromatic heterocycles. The lowest BCUT2D eigenvalue weighted by Gasteiger charge is -2.24. The number of benzene rings is 3. The van der Waals surface area contributed by atoms with Crippen LogP contribution in [0.5, 0.6) is 0 Å². The van der Waals surface area contributed by atoms with Crippen molar-refractivity contribution in [3.8, 4) is 0 Å². The van der Waals surface area contributed by atoms with Crippen LogP contribution in [-0.2, 0) is 28.8 Å². The van der Waals surface area contributed by atoms with Crippen molar-refractivity contribution in [1.82, 2.24) is 0 Å². The smallest absolute Gasteiger partial charge is 0.313 e. The highest BCUT2D eigenvalue weighted by atomic mass is 32.2. The Morgan fingerprint density at radius 1 is 0.881 bits per heavy atom. The number of ether oxygens (including phenoxy) is 3. The molecule has 4 atom stereocenters. The molecule has 0 unspecified atom stereocenters. The maximum absolute atomic E-state index is 13.2. The van der Waals surface area contributed by atoms with Gasteiger partial charge in [-0.3, -0.25) is 4.79 Å². The van der Waals surface area contributed by atoms with Gasteiger partial charge in [-0.05, 0) is 78.7 Å². The summed E-state index contributed by atoms with van der Waals surface area (Å²) < 4.78 is 45.3. The second-order valence-electron chi connectivity index (χ2n) is 12.5. The molecule has 0 radical (unpaired) electrons. The van der Waals surface area contributed by atoms with Crippen LogP contribution in [0.3, 0.4) is 0 Å². The van der Waals surface area contributed by atoms with Crippen LogP contribution in [0.15, 0.2) is 83.8 Å². The Kier molecular flexibility index (Phi) is 7.24. The third-order valence-corrected chi connectivity index (χ3v) is 11.9. The minimum Gasteiger partial charge on any atom is -0.469 e. The Labute approximate surface area is 248 Å². The van der Waals surface area contributed by atoms with Crippen molar-refractivity contribution in [3.05, 3.63) is 101 Å². The summed E-state index contributed by atoms with van der Waals surface area (Å²) in [5, 5.41) is -0.252. The van der Waals surface area contributed by atoms with E-state index in [0.717, 1.165) is 60.8 Å². The lowest BCUT2D eigenvalue weighted by Crippen LogP contribution is -2.27. The van der Waals surface area contributed by atoms with Crippen molar-refractivity contribution >= 4 is 15.8 Å². The molecule has 1 heterocycles. The SMILES string of the molecule is COC(=O)[C@H](C[C@H]1CCC2(C1)O[C@H](c1ccccc1)[C@@H](c1ccccc1)O2)c1ccc(S(=O)(=O)C2CC2)c(C2CC2)c1. The number of esters is 1. The van der Waals surface area contributed by atoms with Crippen molar-refractivity contribution in [3.63, 3.8) is 0 Å². The molecule has 0 amide bonds. The van der Waals surface area contributed by atoms with Gasteiger partial charge >= 0.3 is 5.97 Å². The molecule has 1 spiro atoms. The maximum atomic E-state index is 13.2. The quantitative estimate of drug-likeness (QED) is 0.247. The molecule has 4 fully saturated rings. The lowest BCUT2D eigenvalue weighted by atomic mass is 9.86. The predicted molar refractivity (Wildman–Crippen MR) is 159 cm³/mol. The zero-order valence-corrected chi connectivity index (χ0v) is 24.8. The van der Waals surface area contributed by atoms with Gasteiger partial charge in [0.2, 0.25) is 0 Å². The predicted octanol–water partition coefficient (Wildman–Crippen LogP) is 7.17. The van der Waals surface area contributed by atoms with Crippen LogP contribution in [0.25, 0.3) is 0 Å². The molecular formula is C35H38O6S. The first kappa shape index (κ1) is 27.8. The molecule has 1 aliphatic heterocycles. The van der Waals surface area contributed by atoms with Gasteiger partial charge in [0.1, 0.15) is 12.2 Å². The van der Waals surface area contributed by atoms with Gasteiger partial charge < -0.3 is 14.2 Å². The van der Waals surface area contributed by atoms with Crippen molar-refractivity contribution in [1.29, 1.82) is 0 Å². The van der Waals surface area contributed by atoms with E-state index in [2.05, 4.69) is 24.3 Å². The molecule has 220 valence electrons. The average Bonchev–Trinajstić information content (AvgIpc) is 3.97. The topological polar surface area (TPSA) is 78.9 Å². The molecule has 0 bridgehead atoms. The van der Waals surface area contributed by atoms with E-state index in [9.17, 15) is 13.2 Å². The van der Waals surface area contributed by atoms with Crippen LogP contribution < -0.4 is 0 Å². The molecule has 4 aliphatic rings. The molecule has 3 aromatic rings. The first-order valence-electron chi connectivity index (χ1n) is 15.3. The zero-order valence-electron chi connectivity index (χ0n) is 24.0. The molecule has 1 saturated heterocycles. The second-order valence-corrected chi connectivity index (χ2v) is 14.7. The standard InChI is InChI=1S/C35H38O6S/c1-39-34(36)30(27-14-17-31(29(21-27)24-12-13-24)42(37,38)28-15-16-28)20-23-18-19-35(22-23)40-32(25-8-4-2-5-9-25)33(41-35)26-10-6-3-7-11-26/h2-11,14,17,21,23-24,28,30,32-33H,12-13,15-16,18-20,22H2,1H3/t23-,30-,32-,33-/m1/s1. The Morgan fingerprint density at radius 2 is 1.50 bits per heavy atom. The third kappa shape index (κ3) is 5.31. The van der Waals surface area contributed by atoms with E-state index in [1.54, 1.807) is 6.07 Å². The highest BCUT2D eigenvalue weighted by Gasteiger charge is 2.53. The van der Waals surface area contributed by atoms with E-state index in [1.165, 1.54) is 7.11 Å². The lowest BCUT2D eigenvalue weighted by molar-refractivity contribution is -0.173. The number of methoxy groups -OCH3 is 1. The minimum absolute atomic E-state index is 0.194. The molecule has 3 saturated carbocycles. The first-order chi connectivity index (χ1) is 20.4. The van der Waals surface area contributed by atoms with E-state index in [1.807, 2.05) is 48.5 Å². The summed E-state index contributed by atoms with van der Waals surface area (Å²) in [4.78, 5) is 13.6. The Hall–Kier alpha value is -3.00. The highest BCUT2D eigenvalue weighted by molar-refractivity contribution is 7.92. The first-order valence-corrected chi connectivity index (χ1v) is 16.8. The van der Waals surface area contributed by atoms with E-state index < -0.39 is 21.5 Å². The number of carbonyl (C=O) groups excluding carboxylic acids is 1. The summed E-state index contributed by atoms with van der Waals surface area (Å²) >= 11 is 0. The largest absolute Gasteiger partial charge is 0.469 e. The van der Waals surface area contributed by atoms with Crippen LogP contribution in [-0.4, -0.2) is 32.5 Å². The number of hydrogen-bond donors (Lipinski definition) is 0. The van der Waals surface area contributed by atoms with Crippen LogP contribution in [0, 0.1) is 5.92 Å². The maximum Gasteiger partial charge on any atom is 0.313 e. The van der Waals surface area contributed by atoms with E-state index >= 15 is 0 Å². The fraction of sp³-hybridized carbons (Fsp3) is 0.457. The van der Waals surface area contributed by atoms with E-state index in [4.69, 9.17) is 14.2 Å². The number of hydrogen-bond acceptors (Lipinski definition) is 6. The van der Waals surface area contributed by atoms with Gasteiger partial charge in [0, 0.05) is 12.8 Å². The third-order valence-electron chi connectivity index (χ3n) is 9.53. The summed E-state index contributed by atoms with van der Waals surface area (Å²) in [6, 6.07) is 26.1. The van der Waals surface area contributed by atoms with Crippen molar-refractivity contribution < 1.29 is 27.4 Å². The van der Waals surface area contributed by atoms with Gasteiger partial charge in [0.25, 0.3) is 0 Å². The molecule has 7 heteroatoms. The number of sulfone groups is 1. The average molecular weight is 587 g/mol. The zero-order chi connectivity index (χ0) is 28.9. The van der Waals surface area contributed by atoms with Crippen molar-refractivity contribution in [2.24, 2.45) is 5.92 Å². The summed E-state index contributed by atoms with van der Waals surface area (Å²) in [5.41, 5.74) is 3.91. The minimum atomic E-state index is -3.31. The molecule has 3 aromatic carbocycles. The van der Waals surface area contributed by atoms with Gasteiger partial charge in [-0.2, -0.15) is 0 Å². The summed E-state index contributed by atoms with van der Waals surface area (Å²) in [5.74, 6) is -1.02. The number of carbonyl (C=O) groups is 1. The molecular weight excluding hydrogens is 548 g/mol. The molecule has 6 nitrogen and oxygen atoms in total. The normalized spacial score (nSPS) is 25.9. The highest BCUT2D eigenvalue weighted by Crippen LogP contribution is 2.55. The van der Waals surface area contributed by atoms with Crippen LogP contribution in [0.2, 0.25) is 0 Å². The fourth-order valence-electron chi connectivity index (χ4n) is 7.03. The van der Waals surface area contributed by atoms with Crippen molar-refractivity contribution in [2.75, 3.05) is 7.11 Å². The van der Waals surface area contributed by atoms with Gasteiger partial charge in [0.15, 0.2) is 15.6 Å². The monoisotopic (exact) mass is 586 g/mol. The fourth-order valence-corrected chi connectivity index (χ4v) is 8.95. The summed E-state index contributed by atoms with van der Waals surface area (Å²) in [6.07, 6.45) is 5.95. The van der Waals surface area contributed by atoms with Crippen LogP contribution >= 0.6 is 0 Å². The molecule has 7 rings (SSSR count).